The van der Waals surface area contributed by atoms with Crippen molar-refractivity contribution in [3.63, 3.8) is 0 Å². The predicted octanol–water partition coefficient (Wildman–Crippen LogP) is 5.29. The monoisotopic (exact) mass is 376 g/mol. The van der Waals surface area contributed by atoms with Crippen LogP contribution in [0.1, 0.15) is 17.2 Å². The second kappa shape index (κ2) is 6.13. The van der Waals surface area contributed by atoms with Crippen molar-refractivity contribution in [3.8, 4) is 0 Å². The summed E-state index contributed by atoms with van der Waals surface area (Å²) in [6, 6.07) is 12.9. The molecule has 7 heteroatoms. The molecule has 1 aliphatic heterocycles. The SMILES string of the molecule is Clc1ccc(C2=C[C@H](c3ccc(Cl)cc3Cl)n3ncnc3N2)cc1. The molecule has 0 aliphatic carbocycles. The van der Waals surface area contributed by atoms with Crippen LogP contribution in [0.15, 0.2) is 54.9 Å². The Morgan fingerprint density at radius 1 is 0.958 bits per heavy atom. The van der Waals surface area contributed by atoms with Crippen molar-refractivity contribution < 1.29 is 0 Å². The highest BCUT2D eigenvalue weighted by atomic mass is 35.5. The van der Waals surface area contributed by atoms with Crippen LogP contribution < -0.4 is 5.32 Å². The summed E-state index contributed by atoms with van der Waals surface area (Å²) in [5.74, 6) is 0.651. The molecular formula is C17H11Cl3N4. The Balaban J connectivity index is 1.83. The number of rotatable bonds is 2. The third-order valence-electron chi connectivity index (χ3n) is 3.84. The molecule has 2 aromatic carbocycles. The maximum atomic E-state index is 6.40. The quantitative estimate of drug-likeness (QED) is 0.659. The van der Waals surface area contributed by atoms with Gasteiger partial charge >= 0.3 is 0 Å². The highest BCUT2D eigenvalue weighted by Gasteiger charge is 2.25. The Morgan fingerprint density at radius 3 is 2.46 bits per heavy atom. The number of benzene rings is 2. The van der Waals surface area contributed by atoms with Gasteiger partial charge in [0.15, 0.2) is 0 Å². The van der Waals surface area contributed by atoms with E-state index >= 15 is 0 Å². The first kappa shape index (κ1) is 15.5. The Labute approximate surface area is 153 Å². The van der Waals surface area contributed by atoms with Gasteiger partial charge in [0.05, 0.1) is 0 Å². The lowest BCUT2D eigenvalue weighted by Crippen LogP contribution is -2.20. The van der Waals surface area contributed by atoms with E-state index in [9.17, 15) is 0 Å². The van der Waals surface area contributed by atoms with Crippen LogP contribution in [-0.4, -0.2) is 14.8 Å². The number of anilines is 1. The lowest BCUT2D eigenvalue weighted by atomic mass is 10.0. The van der Waals surface area contributed by atoms with E-state index in [4.69, 9.17) is 34.8 Å². The van der Waals surface area contributed by atoms with Crippen molar-refractivity contribution in [1.82, 2.24) is 14.8 Å². The molecule has 0 fully saturated rings. The molecule has 2 heterocycles. The average molecular weight is 378 g/mol. The second-order valence-electron chi connectivity index (χ2n) is 5.35. The number of aromatic nitrogens is 3. The number of hydrogen-bond donors (Lipinski definition) is 1. The van der Waals surface area contributed by atoms with Gasteiger partial charge in [0, 0.05) is 20.8 Å². The van der Waals surface area contributed by atoms with Gasteiger partial charge in [-0.1, -0.05) is 53.0 Å². The summed E-state index contributed by atoms with van der Waals surface area (Å²) < 4.78 is 1.79. The maximum Gasteiger partial charge on any atom is 0.226 e. The zero-order chi connectivity index (χ0) is 16.7. The van der Waals surface area contributed by atoms with Crippen LogP contribution in [0.3, 0.4) is 0 Å². The molecule has 1 aromatic heterocycles. The van der Waals surface area contributed by atoms with Crippen LogP contribution in [0.4, 0.5) is 5.95 Å². The van der Waals surface area contributed by atoms with Crippen molar-refractivity contribution >= 4 is 46.4 Å². The van der Waals surface area contributed by atoms with E-state index < -0.39 is 0 Å². The molecule has 1 atom stereocenters. The molecular weight excluding hydrogens is 367 g/mol. The number of nitrogens with one attached hydrogen (secondary N) is 1. The summed E-state index contributed by atoms with van der Waals surface area (Å²) in [5, 5.41) is 9.46. The van der Waals surface area contributed by atoms with Crippen LogP contribution in [0.2, 0.25) is 15.1 Å². The van der Waals surface area contributed by atoms with Gasteiger partial charge in [-0.15, -0.1) is 0 Å². The van der Waals surface area contributed by atoms with Crippen molar-refractivity contribution in [2.75, 3.05) is 5.32 Å². The number of fused-ring (bicyclic) bond motifs is 1. The fourth-order valence-electron chi connectivity index (χ4n) is 2.69. The number of nitrogens with zero attached hydrogens (tertiary/aromatic N) is 3. The largest absolute Gasteiger partial charge is 0.324 e. The van der Waals surface area contributed by atoms with Gasteiger partial charge in [0.2, 0.25) is 5.95 Å². The second-order valence-corrected chi connectivity index (χ2v) is 6.63. The first-order valence-corrected chi connectivity index (χ1v) is 8.34. The molecule has 120 valence electrons. The van der Waals surface area contributed by atoms with Crippen molar-refractivity contribution in [1.29, 1.82) is 0 Å². The molecule has 3 aromatic rings. The van der Waals surface area contributed by atoms with Crippen LogP contribution >= 0.6 is 34.8 Å². The molecule has 0 saturated heterocycles. The summed E-state index contributed by atoms with van der Waals surface area (Å²) in [5.41, 5.74) is 2.83. The lowest BCUT2D eigenvalue weighted by molar-refractivity contribution is 0.612. The Hall–Kier alpha value is -2.01. The summed E-state index contributed by atoms with van der Waals surface area (Å²) in [4.78, 5) is 4.28. The molecule has 0 saturated carbocycles. The van der Waals surface area contributed by atoms with Gasteiger partial charge in [0.25, 0.3) is 0 Å². The Morgan fingerprint density at radius 2 is 1.71 bits per heavy atom. The Kier molecular flexibility index (Phi) is 3.96. The van der Waals surface area contributed by atoms with Crippen molar-refractivity contribution in [2.24, 2.45) is 0 Å². The highest BCUT2D eigenvalue weighted by molar-refractivity contribution is 6.35. The normalized spacial score (nSPS) is 16.3. The fraction of sp³-hybridized carbons (Fsp3) is 0.0588. The van der Waals surface area contributed by atoms with E-state index in [1.165, 1.54) is 6.33 Å². The lowest BCUT2D eigenvalue weighted by Gasteiger charge is -2.25. The molecule has 4 rings (SSSR count). The molecule has 1 aliphatic rings. The number of halogens is 3. The van der Waals surface area contributed by atoms with E-state index in [0.717, 1.165) is 16.8 Å². The van der Waals surface area contributed by atoms with Gasteiger partial charge in [-0.2, -0.15) is 10.1 Å². The summed E-state index contributed by atoms with van der Waals surface area (Å²) >= 11 is 18.4. The highest BCUT2D eigenvalue weighted by Crippen LogP contribution is 2.36. The predicted molar refractivity (Wildman–Crippen MR) is 97.7 cm³/mol. The molecule has 0 bridgehead atoms. The van der Waals surface area contributed by atoms with E-state index in [0.29, 0.717) is 21.0 Å². The first-order chi connectivity index (χ1) is 11.6. The average Bonchev–Trinajstić information content (AvgIpc) is 3.03. The van der Waals surface area contributed by atoms with Crippen LogP contribution in [0, 0.1) is 0 Å². The van der Waals surface area contributed by atoms with Gasteiger partial charge in [-0.05, 0) is 41.5 Å². The first-order valence-electron chi connectivity index (χ1n) is 7.21. The molecule has 4 nitrogen and oxygen atoms in total. The van der Waals surface area contributed by atoms with Crippen LogP contribution in [-0.2, 0) is 0 Å². The van der Waals surface area contributed by atoms with E-state index in [2.05, 4.69) is 21.5 Å². The van der Waals surface area contributed by atoms with E-state index in [1.54, 1.807) is 10.7 Å². The van der Waals surface area contributed by atoms with E-state index in [1.807, 2.05) is 36.4 Å². The van der Waals surface area contributed by atoms with Crippen LogP contribution in [0.25, 0.3) is 5.70 Å². The maximum absolute atomic E-state index is 6.40. The van der Waals surface area contributed by atoms with Crippen molar-refractivity contribution in [3.05, 3.63) is 81.1 Å². The number of hydrogen-bond acceptors (Lipinski definition) is 3. The summed E-state index contributed by atoms with van der Waals surface area (Å²) in [6.45, 7) is 0. The van der Waals surface area contributed by atoms with Gasteiger partial charge in [-0.3, -0.25) is 0 Å². The third-order valence-corrected chi connectivity index (χ3v) is 4.66. The summed E-state index contributed by atoms with van der Waals surface area (Å²) in [7, 11) is 0. The molecule has 0 amide bonds. The standard InChI is InChI=1S/C17H11Cl3N4/c18-11-3-1-10(2-4-11)15-8-16(24-17(23-15)21-9-22-24)13-6-5-12(19)7-14(13)20/h1-9,16H,(H,21,22,23)/t16-/m1/s1. The minimum atomic E-state index is -0.181. The molecule has 24 heavy (non-hydrogen) atoms. The minimum Gasteiger partial charge on any atom is -0.324 e. The third kappa shape index (κ3) is 2.77. The summed E-state index contributed by atoms with van der Waals surface area (Å²) in [6.07, 6.45) is 3.57. The zero-order valence-electron chi connectivity index (χ0n) is 12.2. The Bertz CT molecular complexity index is 931. The molecule has 1 N–H and O–H groups in total. The van der Waals surface area contributed by atoms with E-state index in [-0.39, 0.29) is 6.04 Å². The minimum absolute atomic E-state index is 0.181. The molecule has 0 unspecified atom stereocenters. The number of allylic oxidation sites excluding steroid dienone is 1. The zero-order valence-corrected chi connectivity index (χ0v) is 14.5. The van der Waals surface area contributed by atoms with Crippen LogP contribution in [0.5, 0.6) is 0 Å². The van der Waals surface area contributed by atoms with Crippen molar-refractivity contribution in [2.45, 2.75) is 6.04 Å². The topological polar surface area (TPSA) is 42.7 Å². The fourth-order valence-corrected chi connectivity index (χ4v) is 3.34. The molecule has 0 spiro atoms. The van der Waals surface area contributed by atoms with Gasteiger partial charge < -0.3 is 5.32 Å². The van der Waals surface area contributed by atoms with Gasteiger partial charge in [-0.25, -0.2) is 4.68 Å². The molecule has 0 radical (unpaired) electrons. The van der Waals surface area contributed by atoms with Gasteiger partial charge in [0.1, 0.15) is 12.4 Å². The smallest absolute Gasteiger partial charge is 0.226 e.